The van der Waals surface area contributed by atoms with E-state index >= 15 is 0 Å². The lowest BCUT2D eigenvalue weighted by molar-refractivity contribution is 0.124. The molecule has 1 aromatic carbocycles. The molecule has 1 heterocycles. The maximum atomic E-state index is 13.3. The van der Waals surface area contributed by atoms with Gasteiger partial charge >= 0.3 is 0 Å². The Labute approximate surface area is 157 Å². The third kappa shape index (κ3) is 6.57. The molecule has 1 aliphatic heterocycles. The quantitative estimate of drug-likeness (QED) is 0.575. The number of aliphatic imine (C=N–C) groups is 1. The second-order valence-electron chi connectivity index (χ2n) is 7.23. The van der Waals surface area contributed by atoms with E-state index in [4.69, 9.17) is 0 Å². The second-order valence-corrected chi connectivity index (χ2v) is 7.23. The standard InChI is InChI=1S/C20H34FN5/c1-5-25-8-10-26(11-9-25)15-16(2)13-23-20(22-4)24-14-18-6-7-19(21)17(3)12-18/h6-7,12,16H,5,8-11,13-15H2,1-4H3,(H2,22,23,24). The molecular weight excluding hydrogens is 329 g/mol. The summed E-state index contributed by atoms with van der Waals surface area (Å²) in [5.74, 6) is 1.18. The van der Waals surface area contributed by atoms with Gasteiger partial charge in [-0.1, -0.05) is 26.0 Å². The van der Waals surface area contributed by atoms with Gasteiger partial charge in [-0.25, -0.2) is 4.39 Å². The van der Waals surface area contributed by atoms with Gasteiger partial charge in [0.15, 0.2) is 5.96 Å². The lowest BCUT2D eigenvalue weighted by atomic mass is 10.1. The van der Waals surface area contributed by atoms with E-state index in [0.29, 0.717) is 18.0 Å². The van der Waals surface area contributed by atoms with Crippen LogP contribution in [0.2, 0.25) is 0 Å². The van der Waals surface area contributed by atoms with Crippen LogP contribution in [0.15, 0.2) is 23.2 Å². The van der Waals surface area contributed by atoms with Crippen LogP contribution in [0.1, 0.15) is 25.0 Å². The van der Waals surface area contributed by atoms with Crippen LogP contribution in [0.3, 0.4) is 0 Å². The smallest absolute Gasteiger partial charge is 0.191 e. The van der Waals surface area contributed by atoms with Crippen molar-refractivity contribution in [2.75, 3.05) is 52.9 Å². The summed E-state index contributed by atoms with van der Waals surface area (Å²) < 4.78 is 13.3. The molecule has 2 N–H and O–H groups in total. The number of likely N-dealkylation sites (N-methyl/N-ethyl adjacent to an activating group) is 1. The van der Waals surface area contributed by atoms with Crippen molar-refractivity contribution in [1.29, 1.82) is 0 Å². The fourth-order valence-corrected chi connectivity index (χ4v) is 3.29. The van der Waals surface area contributed by atoms with Crippen molar-refractivity contribution in [3.05, 3.63) is 35.1 Å². The highest BCUT2D eigenvalue weighted by atomic mass is 19.1. The summed E-state index contributed by atoms with van der Waals surface area (Å²) in [5, 5.41) is 6.70. The molecule has 0 bridgehead atoms. The van der Waals surface area contributed by atoms with Gasteiger partial charge in [-0.05, 0) is 36.6 Å². The van der Waals surface area contributed by atoms with E-state index in [1.54, 1.807) is 20.0 Å². The van der Waals surface area contributed by atoms with Crippen molar-refractivity contribution in [2.45, 2.75) is 27.3 Å². The SMILES string of the molecule is CCN1CCN(CC(C)CNC(=NC)NCc2ccc(F)c(C)c2)CC1. The first kappa shape index (κ1) is 20.6. The number of nitrogens with one attached hydrogen (secondary N) is 2. The fourth-order valence-electron chi connectivity index (χ4n) is 3.29. The Morgan fingerprint density at radius 1 is 1.19 bits per heavy atom. The lowest BCUT2D eigenvalue weighted by Gasteiger charge is -2.35. The molecule has 0 spiro atoms. The van der Waals surface area contributed by atoms with E-state index in [9.17, 15) is 4.39 Å². The fraction of sp³-hybridized carbons (Fsp3) is 0.650. The van der Waals surface area contributed by atoms with Crippen LogP contribution >= 0.6 is 0 Å². The summed E-state index contributed by atoms with van der Waals surface area (Å²) in [6.07, 6.45) is 0. The maximum absolute atomic E-state index is 13.3. The Kier molecular flexibility index (Phi) is 8.32. The molecule has 146 valence electrons. The Hall–Kier alpha value is -1.66. The third-order valence-corrected chi connectivity index (χ3v) is 5.01. The Balaban J connectivity index is 1.70. The minimum atomic E-state index is -0.162. The summed E-state index contributed by atoms with van der Waals surface area (Å²) in [6.45, 7) is 14.7. The highest BCUT2D eigenvalue weighted by Crippen LogP contribution is 2.09. The summed E-state index contributed by atoms with van der Waals surface area (Å²) in [7, 11) is 1.78. The molecule has 6 heteroatoms. The summed E-state index contributed by atoms with van der Waals surface area (Å²) in [5.41, 5.74) is 1.72. The van der Waals surface area contributed by atoms with Crippen LogP contribution in [-0.2, 0) is 6.54 Å². The van der Waals surface area contributed by atoms with Crippen molar-refractivity contribution in [3.63, 3.8) is 0 Å². The number of halogens is 1. The number of hydrogen-bond donors (Lipinski definition) is 2. The van der Waals surface area contributed by atoms with Crippen molar-refractivity contribution < 1.29 is 4.39 Å². The Morgan fingerprint density at radius 3 is 2.50 bits per heavy atom. The minimum absolute atomic E-state index is 0.162. The molecule has 26 heavy (non-hydrogen) atoms. The molecule has 2 rings (SSSR count). The van der Waals surface area contributed by atoms with Gasteiger partial charge in [0.2, 0.25) is 0 Å². The zero-order valence-electron chi connectivity index (χ0n) is 16.7. The molecule has 1 aliphatic rings. The molecule has 1 unspecified atom stereocenters. The highest BCUT2D eigenvalue weighted by molar-refractivity contribution is 5.79. The van der Waals surface area contributed by atoms with Gasteiger partial charge in [-0.3, -0.25) is 4.99 Å². The topological polar surface area (TPSA) is 42.9 Å². The minimum Gasteiger partial charge on any atom is -0.356 e. The molecule has 0 aliphatic carbocycles. The zero-order chi connectivity index (χ0) is 18.9. The first-order chi connectivity index (χ1) is 12.5. The van der Waals surface area contributed by atoms with E-state index in [0.717, 1.165) is 44.2 Å². The van der Waals surface area contributed by atoms with Crippen molar-refractivity contribution in [1.82, 2.24) is 20.4 Å². The first-order valence-electron chi connectivity index (χ1n) is 9.66. The summed E-state index contributed by atoms with van der Waals surface area (Å²) >= 11 is 0. The first-order valence-corrected chi connectivity index (χ1v) is 9.66. The molecule has 0 amide bonds. The van der Waals surface area contributed by atoms with Gasteiger partial charge in [-0.2, -0.15) is 0 Å². The highest BCUT2D eigenvalue weighted by Gasteiger charge is 2.17. The van der Waals surface area contributed by atoms with Gasteiger partial charge in [0, 0.05) is 52.9 Å². The molecule has 1 atom stereocenters. The predicted octanol–water partition coefficient (Wildman–Crippen LogP) is 2.07. The normalized spacial score (nSPS) is 18.0. The second kappa shape index (κ2) is 10.5. The molecule has 0 saturated carbocycles. The van der Waals surface area contributed by atoms with E-state index < -0.39 is 0 Å². The molecule has 0 aromatic heterocycles. The third-order valence-electron chi connectivity index (χ3n) is 5.01. The van der Waals surface area contributed by atoms with E-state index in [1.165, 1.54) is 19.2 Å². The van der Waals surface area contributed by atoms with Gasteiger partial charge in [0.1, 0.15) is 5.82 Å². The van der Waals surface area contributed by atoms with Crippen LogP contribution < -0.4 is 10.6 Å². The Morgan fingerprint density at radius 2 is 1.88 bits per heavy atom. The van der Waals surface area contributed by atoms with E-state index in [-0.39, 0.29) is 5.82 Å². The number of piperazine rings is 1. The van der Waals surface area contributed by atoms with Crippen molar-refractivity contribution >= 4 is 5.96 Å². The van der Waals surface area contributed by atoms with Crippen LogP contribution in [-0.4, -0.2) is 68.6 Å². The van der Waals surface area contributed by atoms with Gasteiger partial charge in [0.25, 0.3) is 0 Å². The summed E-state index contributed by atoms with van der Waals surface area (Å²) in [4.78, 5) is 9.34. The predicted molar refractivity (Wildman–Crippen MR) is 107 cm³/mol. The number of rotatable bonds is 7. The zero-order valence-corrected chi connectivity index (χ0v) is 16.7. The van der Waals surface area contributed by atoms with E-state index in [1.807, 2.05) is 6.07 Å². The molecule has 0 radical (unpaired) electrons. The monoisotopic (exact) mass is 363 g/mol. The number of hydrogen-bond acceptors (Lipinski definition) is 3. The average Bonchev–Trinajstić information content (AvgIpc) is 2.65. The van der Waals surface area contributed by atoms with E-state index in [2.05, 4.69) is 39.3 Å². The van der Waals surface area contributed by atoms with Gasteiger partial charge in [0.05, 0.1) is 0 Å². The number of aryl methyl sites for hydroxylation is 1. The molecule has 1 aromatic rings. The number of guanidine groups is 1. The largest absolute Gasteiger partial charge is 0.356 e. The summed E-state index contributed by atoms with van der Waals surface area (Å²) in [6, 6.07) is 5.19. The van der Waals surface area contributed by atoms with Crippen LogP contribution in [0.5, 0.6) is 0 Å². The number of nitrogens with zero attached hydrogens (tertiary/aromatic N) is 3. The maximum Gasteiger partial charge on any atom is 0.191 e. The average molecular weight is 364 g/mol. The van der Waals surface area contributed by atoms with Crippen LogP contribution in [0.25, 0.3) is 0 Å². The number of benzene rings is 1. The van der Waals surface area contributed by atoms with Crippen molar-refractivity contribution in [2.24, 2.45) is 10.9 Å². The van der Waals surface area contributed by atoms with Crippen molar-refractivity contribution in [3.8, 4) is 0 Å². The van der Waals surface area contributed by atoms with Gasteiger partial charge < -0.3 is 20.4 Å². The molecule has 1 fully saturated rings. The Bertz CT molecular complexity index is 582. The van der Waals surface area contributed by atoms with Crippen LogP contribution in [0, 0.1) is 18.7 Å². The molecule has 1 saturated heterocycles. The van der Waals surface area contributed by atoms with Crippen LogP contribution in [0.4, 0.5) is 4.39 Å². The lowest BCUT2D eigenvalue weighted by Crippen LogP contribution is -2.48. The molecule has 5 nitrogen and oxygen atoms in total. The van der Waals surface area contributed by atoms with Gasteiger partial charge in [-0.15, -0.1) is 0 Å². The molecular formula is C20H34FN5.